The molecule has 1 aliphatic heterocycles. The van der Waals surface area contributed by atoms with Gasteiger partial charge in [0.1, 0.15) is 5.52 Å². The van der Waals surface area contributed by atoms with Crippen LogP contribution in [0.15, 0.2) is 59.0 Å². The number of amides is 1. The van der Waals surface area contributed by atoms with Crippen molar-refractivity contribution in [3.8, 4) is 0 Å². The van der Waals surface area contributed by atoms with Crippen LogP contribution in [-0.4, -0.2) is 37.2 Å². The number of nitrogens with one attached hydrogen (secondary N) is 1. The summed E-state index contributed by atoms with van der Waals surface area (Å²) in [6.07, 6.45) is 2.99. The third-order valence-electron chi connectivity index (χ3n) is 4.18. The first-order valence-electron chi connectivity index (χ1n) is 8.55. The molecule has 2 heterocycles. The highest BCUT2D eigenvalue weighted by Gasteiger charge is 2.11. The minimum atomic E-state index is -0.230. The molecule has 2 aromatic carbocycles. The van der Waals surface area contributed by atoms with Crippen molar-refractivity contribution in [1.29, 1.82) is 0 Å². The smallest absolute Gasteiger partial charge is 0.248 e. The summed E-state index contributed by atoms with van der Waals surface area (Å²) < 4.78 is 10.9. The van der Waals surface area contributed by atoms with Crippen LogP contribution in [0.3, 0.4) is 0 Å². The van der Waals surface area contributed by atoms with Crippen LogP contribution in [0, 0.1) is 0 Å². The summed E-state index contributed by atoms with van der Waals surface area (Å²) in [4.78, 5) is 18.7. The van der Waals surface area contributed by atoms with Crippen molar-refractivity contribution >= 4 is 34.5 Å². The van der Waals surface area contributed by atoms with E-state index in [4.69, 9.17) is 9.15 Å². The highest BCUT2D eigenvalue weighted by atomic mass is 16.5. The number of nitrogens with zero attached hydrogens (tertiary/aromatic N) is 2. The summed E-state index contributed by atoms with van der Waals surface area (Å²) >= 11 is 0. The van der Waals surface area contributed by atoms with E-state index in [1.54, 1.807) is 6.08 Å². The van der Waals surface area contributed by atoms with E-state index < -0.39 is 0 Å². The second-order valence-corrected chi connectivity index (χ2v) is 5.99. The summed E-state index contributed by atoms with van der Waals surface area (Å²) in [5.74, 6) is 0.176. The molecule has 3 aromatic rings. The molecule has 0 bridgehead atoms. The van der Waals surface area contributed by atoms with Crippen LogP contribution in [0.1, 0.15) is 5.89 Å². The Balaban J connectivity index is 1.42. The number of fused-ring (bicyclic) bond motifs is 1. The molecule has 0 aliphatic carbocycles. The van der Waals surface area contributed by atoms with Crippen LogP contribution in [0.25, 0.3) is 17.2 Å². The second-order valence-electron chi connectivity index (χ2n) is 5.99. The molecule has 4 rings (SSSR count). The Bertz CT molecular complexity index is 909. The molecule has 1 N–H and O–H groups in total. The van der Waals surface area contributed by atoms with Gasteiger partial charge in [-0.25, -0.2) is 4.98 Å². The van der Waals surface area contributed by atoms with Gasteiger partial charge in [-0.2, -0.15) is 0 Å². The summed E-state index contributed by atoms with van der Waals surface area (Å²) in [5, 5.41) is 2.87. The highest BCUT2D eigenvalue weighted by molar-refractivity contribution is 6.02. The van der Waals surface area contributed by atoms with E-state index in [0.717, 1.165) is 43.2 Å². The largest absolute Gasteiger partial charge is 0.437 e. The van der Waals surface area contributed by atoms with Gasteiger partial charge >= 0.3 is 0 Å². The molecule has 1 amide bonds. The van der Waals surface area contributed by atoms with Gasteiger partial charge in [-0.05, 0) is 30.3 Å². The normalized spacial score (nSPS) is 14.8. The monoisotopic (exact) mass is 349 g/mol. The Morgan fingerprint density at radius 2 is 1.96 bits per heavy atom. The first kappa shape index (κ1) is 16.4. The maximum absolute atomic E-state index is 12.2. The molecule has 1 saturated heterocycles. The lowest BCUT2D eigenvalue weighted by Gasteiger charge is -2.29. The third-order valence-corrected chi connectivity index (χ3v) is 4.18. The molecule has 0 unspecified atom stereocenters. The van der Waals surface area contributed by atoms with E-state index in [2.05, 4.69) is 15.2 Å². The van der Waals surface area contributed by atoms with E-state index in [9.17, 15) is 4.79 Å². The summed E-state index contributed by atoms with van der Waals surface area (Å²) in [5.41, 5.74) is 3.30. The van der Waals surface area contributed by atoms with Crippen molar-refractivity contribution < 1.29 is 13.9 Å². The van der Waals surface area contributed by atoms with Crippen molar-refractivity contribution in [3.63, 3.8) is 0 Å². The predicted molar refractivity (Wildman–Crippen MR) is 101 cm³/mol. The SMILES string of the molecule is O=C(C=Cc1nc2ccccc2o1)Nc1cccc(N2CCOCC2)c1. The number of carbonyl (C=O) groups is 1. The average molecular weight is 349 g/mol. The molecule has 6 heteroatoms. The number of hydrogen-bond donors (Lipinski definition) is 1. The number of para-hydroxylation sites is 2. The zero-order valence-electron chi connectivity index (χ0n) is 14.2. The third kappa shape index (κ3) is 3.75. The summed E-state index contributed by atoms with van der Waals surface area (Å²) in [7, 11) is 0. The van der Waals surface area contributed by atoms with Gasteiger partial charge in [0.05, 0.1) is 13.2 Å². The number of aromatic nitrogens is 1. The number of hydrogen-bond acceptors (Lipinski definition) is 5. The van der Waals surface area contributed by atoms with E-state index in [1.165, 1.54) is 6.08 Å². The Morgan fingerprint density at radius 3 is 2.81 bits per heavy atom. The molecule has 6 nitrogen and oxygen atoms in total. The number of oxazole rings is 1. The maximum Gasteiger partial charge on any atom is 0.248 e. The zero-order valence-corrected chi connectivity index (χ0v) is 14.2. The van der Waals surface area contributed by atoms with E-state index in [-0.39, 0.29) is 5.91 Å². The number of benzene rings is 2. The predicted octanol–water partition coefficient (Wildman–Crippen LogP) is 3.32. The van der Waals surface area contributed by atoms with Crippen LogP contribution in [-0.2, 0) is 9.53 Å². The topological polar surface area (TPSA) is 67.6 Å². The highest BCUT2D eigenvalue weighted by Crippen LogP contribution is 2.21. The van der Waals surface area contributed by atoms with Gasteiger partial charge in [-0.15, -0.1) is 0 Å². The lowest BCUT2D eigenvalue weighted by Crippen LogP contribution is -2.36. The molecule has 1 aliphatic rings. The van der Waals surface area contributed by atoms with Crippen LogP contribution in [0.4, 0.5) is 11.4 Å². The average Bonchev–Trinajstić information content (AvgIpc) is 3.10. The summed E-state index contributed by atoms with van der Waals surface area (Å²) in [6, 6.07) is 15.3. The number of ether oxygens (including phenoxy) is 1. The van der Waals surface area contributed by atoms with Crippen molar-refractivity contribution in [1.82, 2.24) is 4.98 Å². The van der Waals surface area contributed by atoms with Crippen LogP contribution >= 0.6 is 0 Å². The number of anilines is 2. The standard InChI is InChI=1S/C20H19N3O3/c24-19(8-9-20-22-17-6-1-2-7-18(17)26-20)21-15-4-3-5-16(14-15)23-10-12-25-13-11-23/h1-9,14H,10-13H2,(H,21,24). The fraction of sp³-hybridized carbons (Fsp3) is 0.200. The van der Waals surface area contributed by atoms with Crippen molar-refractivity contribution in [2.75, 3.05) is 36.5 Å². The molecule has 1 fully saturated rings. The van der Waals surface area contributed by atoms with Gasteiger partial charge < -0.3 is 19.4 Å². The van der Waals surface area contributed by atoms with Crippen molar-refractivity contribution in [2.24, 2.45) is 0 Å². The van der Waals surface area contributed by atoms with Crippen LogP contribution in [0.2, 0.25) is 0 Å². The maximum atomic E-state index is 12.2. The minimum absolute atomic E-state index is 0.230. The van der Waals surface area contributed by atoms with Gasteiger partial charge in [-0.3, -0.25) is 4.79 Å². The lowest BCUT2D eigenvalue weighted by atomic mass is 10.2. The molecular weight excluding hydrogens is 330 g/mol. The number of morpholine rings is 1. The summed E-state index contributed by atoms with van der Waals surface area (Å²) in [6.45, 7) is 3.16. The molecule has 0 saturated carbocycles. The molecule has 1 aromatic heterocycles. The van der Waals surface area contributed by atoms with Crippen LogP contribution in [0.5, 0.6) is 0 Å². The van der Waals surface area contributed by atoms with E-state index in [0.29, 0.717) is 11.5 Å². The van der Waals surface area contributed by atoms with Gasteiger partial charge in [0.25, 0.3) is 0 Å². The van der Waals surface area contributed by atoms with Crippen molar-refractivity contribution in [2.45, 2.75) is 0 Å². The lowest BCUT2D eigenvalue weighted by molar-refractivity contribution is -0.111. The molecule has 26 heavy (non-hydrogen) atoms. The molecule has 0 radical (unpaired) electrons. The second kappa shape index (κ2) is 7.41. The number of carbonyl (C=O) groups excluding carboxylic acids is 1. The number of rotatable bonds is 4. The van der Waals surface area contributed by atoms with E-state index in [1.807, 2.05) is 48.5 Å². The van der Waals surface area contributed by atoms with Gasteiger partial charge in [0.2, 0.25) is 11.8 Å². The fourth-order valence-corrected chi connectivity index (χ4v) is 2.89. The molecule has 0 atom stereocenters. The van der Waals surface area contributed by atoms with Gasteiger partial charge in [0, 0.05) is 36.6 Å². The van der Waals surface area contributed by atoms with Crippen molar-refractivity contribution in [3.05, 3.63) is 60.5 Å². The van der Waals surface area contributed by atoms with Gasteiger partial charge in [-0.1, -0.05) is 18.2 Å². The minimum Gasteiger partial charge on any atom is -0.437 e. The Labute approximate surface area is 151 Å². The quantitative estimate of drug-likeness (QED) is 0.732. The zero-order chi connectivity index (χ0) is 17.8. The Morgan fingerprint density at radius 1 is 1.12 bits per heavy atom. The molecule has 0 spiro atoms. The van der Waals surface area contributed by atoms with Crippen LogP contribution < -0.4 is 10.2 Å². The Hall–Kier alpha value is -3.12. The first-order chi connectivity index (χ1) is 12.8. The Kier molecular flexibility index (Phi) is 4.66. The first-order valence-corrected chi connectivity index (χ1v) is 8.55. The van der Waals surface area contributed by atoms with Gasteiger partial charge in [0.15, 0.2) is 5.58 Å². The molecular formula is C20H19N3O3. The fourth-order valence-electron chi connectivity index (χ4n) is 2.89. The molecule has 132 valence electrons. The van der Waals surface area contributed by atoms with E-state index >= 15 is 0 Å².